The van der Waals surface area contributed by atoms with Crippen LogP contribution < -0.4 is 9.46 Å². The van der Waals surface area contributed by atoms with Gasteiger partial charge in [-0.15, -0.1) is 0 Å². The molecule has 130 valence electrons. The molecular weight excluding hydrogens is 312 g/mol. The van der Waals surface area contributed by atoms with Gasteiger partial charge in [0.15, 0.2) is 0 Å². The monoisotopic (exact) mass is 340 g/mol. The third kappa shape index (κ3) is 5.39. The second-order valence-corrected chi connectivity index (χ2v) is 7.88. The molecule has 0 amide bonds. The van der Waals surface area contributed by atoms with E-state index < -0.39 is 10.0 Å². The molecule has 0 saturated heterocycles. The van der Waals surface area contributed by atoms with Crippen molar-refractivity contribution in [2.24, 2.45) is 0 Å². The van der Waals surface area contributed by atoms with Gasteiger partial charge in [0.2, 0.25) is 10.0 Å². The summed E-state index contributed by atoms with van der Waals surface area (Å²) < 4.78 is 31.2. The van der Waals surface area contributed by atoms with E-state index >= 15 is 0 Å². The zero-order valence-electron chi connectivity index (χ0n) is 14.3. The number of nitrogens with zero attached hydrogens (tertiary/aromatic N) is 1. The summed E-state index contributed by atoms with van der Waals surface area (Å²) in [4.78, 5) is 2.48. The van der Waals surface area contributed by atoms with Gasteiger partial charge in [-0.1, -0.05) is 20.3 Å². The van der Waals surface area contributed by atoms with Crippen molar-refractivity contribution in [3.63, 3.8) is 0 Å². The molecule has 1 aliphatic carbocycles. The second-order valence-electron chi connectivity index (χ2n) is 6.13. The normalized spacial score (nSPS) is 22.1. The van der Waals surface area contributed by atoms with Crippen LogP contribution >= 0.6 is 0 Å². The minimum absolute atomic E-state index is 0.206. The summed E-state index contributed by atoms with van der Waals surface area (Å²) in [5, 5.41) is 0. The molecule has 1 fully saturated rings. The van der Waals surface area contributed by atoms with E-state index in [1.807, 2.05) is 12.1 Å². The van der Waals surface area contributed by atoms with Crippen LogP contribution in [-0.4, -0.2) is 44.8 Å². The SMILES string of the molecule is CCN(CC)C1CCCCC1Oc1ccc(NS(C)(=O)=O)cc1. The van der Waals surface area contributed by atoms with Crippen molar-refractivity contribution in [1.29, 1.82) is 0 Å². The van der Waals surface area contributed by atoms with Gasteiger partial charge in [-0.2, -0.15) is 0 Å². The Labute approximate surface area is 140 Å². The molecule has 5 nitrogen and oxygen atoms in total. The third-order valence-electron chi connectivity index (χ3n) is 4.39. The molecule has 1 N–H and O–H groups in total. The highest BCUT2D eigenvalue weighted by atomic mass is 32.2. The minimum atomic E-state index is -3.24. The smallest absolute Gasteiger partial charge is 0.229 e. The Morgan fingerprint density at radius 3 is 2.30 bits per heavy atom. The van der Waals surface area contributed by atoms with Crippen LogP contribution in [0.25, 0.3) is 0 Å². The molecule has 0 heterocycles. The van der Waals surface area contributed by atoms with E-state index in [1.165, 1.54) is 19.3 Å². The van der Waals surface area contributed by atoms with Crippen molar-refractivity contribution in [1.82, 2.24) is 4.90 Å². The van der Waals surface area contributed by atoms with Crippen molar-refractivity contribution in [2.75, 3.05) is 24.1 Å². The van der Waals surface area contributed by atoms with Crippen molar-refractivity contribution in [3.8, 4) is 5.75 Å². The summed E-state index contributed by atoms with van der Waals surface area (Å²) in [6.07, 6.45) is 6.07. The van der Waals surface area contributed by atoms with Gasteiger partial charge >= 0.3 is 0 Å². The highest BCUT2D eigenvalue weighted by Gasteiger charge is 2.30. The number of sulfonamides is 1. The highest BCUT2D eigenvalue weighted by molar-refractivity contribution is 7.92. The Kier molecular flexibility index (Phi) is 6.30. The molecule has 0 aliphatic heterocycles. The average molecular weight is 340 g/mol. The maximum atomic E-state index is 11.2. The molecule has 1 aromatic rings. The van der Waals surface area contributed by atoms with Gasteiger partial charge in [-0.3, -0.25) is 9.62 Å². The first-order valence-electron chi connectivity index (χ1n) is 8.41. The number of ether oxygens (including phenoxy) is 1. The maximum Gasteiger partial charge on any atom is 0.229 e. The number of likely N-dealkylation sites (N-methyl/N-ethyl adjacent to an activating group) is 1. The zero-order chi connectivity index (χ0) is 16.9. The van der Waals surface area contributed by atoms with Crippen LogP contribution in [0.4, 0.5) is 5.69 Å². The Morgan fingerprint density at radius 2 is 1.74 bits per heavy atom. The van der Waals surface area contributed by atoms with Gasteiger partial charge in [0.1, 0.15) is 11.9 Å². The lowest BCUT2D eigenvalue weighted by molar-refractivity contribution is 0.0413. The minimum Gasteiger partial charge on any atom is -0.489 e. The van der Waals surface area contributed by atoms with Crippen LogP contribution in [0.3, 0.4) is 0 Å². The van der Waals surface area contributed by atoms with Gasteiger partial charge in [0.25, 0.3) is 0 Å². The largest absolute Gasteiger partial charge is 0.489 e. The number of benzene rings is 1. The fourth-order valence-electron chi connectivity index (χ4n) is 3.32. The first-order chi connectivity index (χ1) is 10.9. The lowest BCUT2D eigenvalue weighted by Crippen LogP contribution is -2.47. The summed E-state index contributed by atoms with van der Waals surface area (Å²) in [5.74, 6) is 0.799. The molecule has 0 bridgehead atoms. The highest BCUT2D eigenvalue weighted by Crippen LogP contribution is 2.28. The number of rotatable bonds is 7. The molecule has 6 heteroatoms. The number of hydrogen-bond acceptors (Lipinski definition) is 4. The number of nitrogens with one attached hydrogen (secondary N) is 1. The lowest BCUT2D eigenvalue weighted by Gasteiger charge is -2.39. The average Bonchev–Trinajstić information content (AvgIpc) is 2.51. The molecule has 1 aromatic carbocycles. The standard InChI is InChI=1S/C17H28N2O3S/c1-4-19(5-2)16-8-6-7-9-17(16)22-15-12-10-14(11-13-15)18-23(3,20)21/h10-13,16-18H,4-9H2,1-3H3. The Bertz CT molecular complexity index is 582. The van der Waals surface area contributed by atoms with Gasteiger partial charge in [0.05, 0.1) is 6.26 Å². The third-order valence-corrected chi connectivity index (χ3v) is 5.00. The lowest BCUT2D eigenvalue weighted by atomic mass is 9.91. The van der Waals surface area contributed by atoms with Crippen LogP contribution in [0.1, 0.15) is 39.5 Å². The molecule has 2 atom stereocenters. The molecule has 0 aromatic heterocycles. The van der Waals surface area contributed by atoms with E-state index in [0.29, 0.717) is 11.7 Å². The van der Waals surface area contributed by atoms with Crippen LogP contribution in [0.2, 0.25) is 0 Å². The van der Waals surface area contributed by atoms with E-state index in [2.05, 4.69) is 23.5 Å². The molecule has 2 unspecified atom stereocenters. The summed E-state index contributed by atoms with van der Waals surface area (Å²) in [6.45, 7) is 6.47. The fraction of sp³-hybridized carbons (Fsp3) is 0.647. The molecule has 0 radical (unpaired) electrons. The number of hydrogen-bond donors (Lipinski definition) is 1. The Morgan fingerprint density at radius 1 is 1.13 bits per heavy atom. The van der Waals surface area contributed by atoms with Crippen LogP contribution in [0, 0.1) is 0 Å². The van der Waals surface area contributed by atoms with E-state index in [0.717, 1.165) is 31.5 Å². The van der Waals surface area contributed by atoms with Gasteiger partial charge < -0.3 is 4.74 Å². The van der Waals surface area contributed by atoms with Crippen molar-refractivity contribution in [2.45, 2.75) is 51.7 Å². The summed E-state index contributed by atoms with van der Waals surface area (Å²) in [7, 11) is -3.24. The van der Waals surface area contributed by atoms with E-state index in [4.69, 9.17) is 4.74 Å². The van der Waals surface area contributed by atoms with E-state index in [9.17, 15) is 8.42 Å². The topological polar surface area (TPSA) is 58.6 Å². The Hall–Kier alpha value is -1.27. The van der Waals surface area contributed by atoms with E-state index in [-0.39, 0.29) is 6.10 Å². The van der Waals surface area contributed by atoms with Gasteiger partial charge in [-0.05, 0) is 56.6 Å². The Balaban J connectivity index is 2.04. The van der Waals surface area contributed by atoms with Crippen molar-refractivity contribution >= 4 is 15.7 Å². The molecule has 0 spiro atoms. The fourth-order valence-corrected chi connectivity index (χ4v) is 3.88. The zero-order valence-corrected chi connectivity index (χ0v) is 15.1. The molecule has 23 heavy (non-hydrogen) atoms. The second kappa shape index (κ2) is 8.02. The van der Waals surface area contributed by atoms with E-state index in [1.54, 1.807) is 12.1 Å². The summed E-state index contributed by atoms with van der Waals surface area (Å²) in [5.41, 5.74) is 0.559. The maximum absolute atomic E-state index is 11.2. The van der Waals surface area contributed by atoms with Crippen LogP contribution in [-0.2, 0) is 10.0 Å². The first-order valence-corrected chi connectivity index (χ1v) is 10.3. The predicted octanol–water partition coefficient (Wildman–Crippen LogP) is 3.09. The van der Waals surface area contributed by atoms with Crippen LogP contribution in [0.15, 0.2) is 24.3 Å². The molecule has 1 saturated carbocycles. The molecule has 2 rings (SSSR count). The number of anilines is 1. The summed E-state index contributed by atoms with van der Waals surface area (Å²) in [6, 6.07) is 7.62. The first kappa shape index (κ1) is 18.1. The summed E-state index contributed by atoms with van der Waals surface area (Å²) >= 11 is 0. The van der Waals surface area contributed by atoms with Gasteiger partial charge in [0, 0.05) is 11.7 Å². The van der Waals surface area contributed by atoms with Gasteiger partial charge in [-0.25, -0.2) is 8.42 Å². The van der Waals surface area contributed by atoms with Crippen LogP contribution in [0.5, 0.6) is 5.75 Å². The molecule has 1 aliphatic rings. The van der Waals surface area contributed by atoms with Crippen molar-refractivity contribution in [3.05, 3.63) is 24.3 Å². The predicted molar refractivity (Wildman–Crippen MR) is 94.5 cm³/mol. The van der Waals surface area contributed by atoms with Crippen molar-refractivity contribution < 1.29 is 13.2 Å². The quantitative estimate of drug-likeness (QED) is 0.829. The molecular formula is C17H28N2O3S.